The number of carbonyl (C=O) groups is 2. The van der Waals surface area contributed by atoms with E-state index < -0.39 is 18.5 Å². The quantitative estimate of drug-likeness (QED) is 0.772. The van der Waals surface area contributed by atoms with Gasteiger partial charge < -0.3 is 14.8 Å². The molecule has 1 heterocycles. The highest BCUT2D eigenvalue weighted by atomic mass is 32.1. The molecule has 2 aromatic rings. The second-order valence-electron chi connectivity index (χ2n) is 6.39. The molecular formula is C20H20N2O4S. The first-order valence-corrected chi connectivity index (χ1v) is 9.50. The third-order valence-electron chi connectivity index (χ3n) is 4.39. The number of hydrogen-bond acceptors (Lipinski definition) is 6. The van der Waals surface area contributed by atoms with Crippen LogP contribution in [0.15, 0.2) is 18.2 Å². The molecule has 0 aliphatic heterocycles. The molecule has 0 fully saturated rings. The van der Waals surface area contributed by atoms with Gasteiger partial charge in [-0.2, -0.15) is 5.26 Å². The molecular weight excluding hydrogens is 364 g/mol. The van der Waals surface area contributed by atoms with Gasteiger partial charge in [-0.15, -0.1) is 11.3 Å². The monoisotopic (exact) mass is 384 g/mol. The number of fused-ring (bicyclic) bond motifs is 1. The van der Waals surface area contributed by atoms with Gasteiger partial charge in [-0.3, -0.25) is 4.79 Å². The van der Waals surface area contributed by atoms with Crippen LogP contribution in [-0.2, 0) is 27.2 Å². The summed E-state index contributed by atoms with van der Waals surface area (Å²) in [5.41, 5.74) is 3.42. The van der Waals surface area contributed by atoms with Crippen molar-refractivity contribution in [3.8, 4) is 11.8 Å². The fourth-order valence-electron chi connectivity index (χ4n) is 3.12. The average molecular weight is 384 g/mol. The van der Waals surface area contributed by atoms with Gasteiger partial charge in [-0.25, -0.2) is 4.79 Å². The molecule has 1 aliphatic carbocycles. The van der Waals surface area contributed by atoms with Gasteiger partial charge in [-0.05, 0) is 49.8 Å². The van der Waals surface area contributed by atoms with Crippen molar-refractivity contribution in [2.24, 2.45) is 0 Å². The number of para-hydroxylation sites is 1. The van der Waals surface area contributed by atoms with Crippen molar-refractivity contribution in [3.63, 3.8) is 0 Å². The van der Waals surface area contributed by atoms with Crippen molar-refractivity contribution in [3.05, 3.63) is 45.3 Å². The summed E-state index contributed by atoms with van der Waals surface area (Å²) in [4.78, 5) is 25.1. The number of carbonyl (C=O) groups excluding carboxylic acids is 2. The molecule has 0 atom stereocenters. The molecule has 1 aromatic heterocycles. The lowest BCUT2D eigenvalue weighted by molar-refractivity contribution is -0.149. The number of hydrogen-bond donors (Lipinski definition) is 1. The lowest BCUT2D eigenvalue weighted by Crippen LogP contribution is -2.23. The van der Waals surface area contributed by atoms with Gasteiger partial charge in [0.2, 0.25) is 0 Å². The summed E-state index contributed by atoms with van der Waals surface area (Å²) >= 11 is 1.43. The number of nitriles is 1. The van der Waals surface area contributed by atoms with Crippen molar-refractivity contribution in [1.29, 1.82) is 5.26 Å². The fourth-order valence-corrected chi connectivity index (χ4v) is 4.37. The molecule has 0 saturated heterocycles. The van der Waals surface area contributed by atoms with Crippen LogP contribution in [0.5, 0.6) is 5.75 Å². The van der Waals surface area contributed by atoms with E-state index in [0.717, 1.165) is 40.8 Å². The van der Waals surface area contributed by atoms with E-state index in [1.807, 2.05) is 32.0 Å². The van der Waals surface area contributed by atoms with E-state index in [2.05, 4.69) is 11.4 Å². The number of nitrogens with zero attached hydrogens (tertiary/aromatic N) is 1. The molecule has 0 bridgehead atoms. The largest absolute Gasteiger partial charge is 0.481 e. The molecule has 3 rings (SSSR count). The molecule has 1 aromatic carbocycles. The molecule has 0 spiro atoms. The smallest absolute Gasteiger partial charge is 0.344 e. The zero-order valence-corrected chi connectivity index (χ0v) is 16.1. The zero-order valence-electron chi connectivity index (χ0n) is 15.3. The normalized spacial score (nSPS) is 12.2. The Hall–Kier alpha value is -2.85. The third-order valence-corrected chi connectivity index (χ3v) is 5.60. The van der Waals surface area contributed by atoms with Crippen LogP contribution in [0.4, 0.5) is 5.00 Å². The van der Waals surface area contributed by atoms with Crippen molar-refractivity contribution < 1.29 is 19.1 Å². The second-order valence-corrected chi connectivity index (χ2v) is 7.50. The van der Waals surface area contributed by atoms with E-state index in [9.17, 15) is 14.9 Å². The Morgan fingerprint density at radius 1 is 1.22 bits per heavy atom. The Morgan fingerprint density at radius 2 is 1.96 bits per heavy atom. The van der Waals surface area contributed by atoms with Gasteiger partial charge >= 0.3 is 5.97 Å². The minimum absolute atomic E-state index is 0.268. The molecule has 6 nitrogen and oxygen atoms in total. The predicted molar refractivity (Wildman–Crippen MR) is 102 cm³/mol. The van der Waals surface area contributed by atoms with Crippen molar-refractivity contribution in [2.45, 2.75) is 33.1 Å². The summed E-state index contributed by atoms with van der Waals surface area (Å²) in [6, 6.07) is 7.87. The standard InChI is InChI=1S/C20H20N2O4S/c1-12-5-3-6-13(2)19(12)26-11-18(24)25-10-17(23)22-20-15(9-21)14-7-4-8-16(14)27-20/h3,5-6H,4,7-8,10-11H2,1-2H3,(H,22,23). The lowest BCUT2D eigenvalue weighted by Gasteiger charge is -2.11. The van der Waals surface area contributed by atoms with Crippen molar-refractivity contribution in [1.82, 2.24) is 0 Å². The maximum Gasteiger partial charge on any atom is 0.344 e. The average Bonchev–Trinajstić information content (AvgIpc) is 3.20. The minimum Gasteiger partial charge on any atom is -0.481 e. The van der Waals surface area contributed by atoms with Crippen LogP contribution >= 0.6 is 11.3 Å². The van der Waals surface area contributed by atoms with E-state index in [0.29, 0.717) is 16.3 Å². The van der Waals surface area contributed by atoms with Crippen LogP contribution in [0, 0.1) is 25.2 Å². The zero-order chi connectivity index (χ0) is 19.4. The summed E-state index contributed by atoms with van der Waals surface area (Å²) in [6.45, 7) is 3.11. The van der Waals surface area contributed by atoms with E-state index in [-0.39, 0.29) is 6.61 Å². The molecule has 1 N–H and O–H groups in total. The first-order valence-electron chi connectivity index (χ1n) is 8.68. The molecule has 140 valence electrons. The van der Waals surface area contributed by atoms with Crippen LogP contribution in [0.2, 0.25) is 0 Å². The Balaban J connectivity index is 1.50. The highest BCUT2D eigenvalue weighted by Gasteiger charge is 2.23. The van der Waals surface area contributed by atoms with Crippen LogP contribution < -0.4 is 10.1 Å². The Morgan fingerprint density at radius 3 is 2.67 bits per heavy atom. The molecule has 0 unspecified atom stereocenters. The fraction of sp³-hybridized carbons (Fsp3) is 0.350. The van der Waals surface area contributed by atoms with Gasteiger partial charge in [0.1, 0.15) is 16.8 Å². The maximum absolute atomic E-state index is 12.1. The van der Waals surface area contributed by atoms with E-state index in [1.54, 1.807) is 0 Å². The molecule has 0 radical (unpaired) electrons. The third kappa shape index (κ3) is 4.29. The summed E-state index contributed by atoms with van der Waals surface area (Å²) in [7, 11) is 0. The second kappa shape index (κ2) is 8.23. The number of nitrogens with one attached hydrogen (secondary N) is 1. The maximum atomic E-state index is 12.1. The number of thiophene rings is 1. The number of esters is 1. The van der Waals surface area contributed by atoms with E-state index in [1.165, 1.54) is 11.3 Å². The van der Waals surface area contributed by atoms with E-state index >= 15 is 0 Å². The van der Waals surface area contributed by atoms with Crippen LogP contribution in [-0.4, -0.2) is 25.1 Å². The van der Waals surface area contributed by atoms with E-state index in [4.69, 9.17) is 9.47 Å². The molecule has 27 heavy (non-hydrogen) atoms. The summed E-state index contributed by atoms with van der Waals surface area (Å²) in [5, 5.41) is 12.5. The van der Waals surface area contributed by atoms with Crippen molar-refractivity contribution in [2.75, 3.05) is 18.5 Å². The summed E-state index contributed by atoms with van der Waals surface area (Å²) in [6.07, 6.45) is 2.85. The first-order chi connectivity index (χ1) is 13.0. The first kappa shape index (κ1) is 18.9. The van der Waals surface area contributed by atoms with Gasteiger partial charge in [0, 0.05) is 4.88 Å². The number of benzene rings is 1. The van der Waals surface area contributed by atoms with Crippen LogP contribution in [0.25, 0.3) is 0 Å². The predicted octanol–water partition coefficient (Wildman–Crippen LogP) is 3.29. The van der Waals surface area contributed by atoms with Crippen LogP contribution in [0.1, 0.15) is 33.6 Å². The number of aryl methyl sites for hydroxylation is 3. The minimum atomic E-state index is -0.623. The van der Waals surface area contributed by atoms with Gasteiger partial charge in [0.05, 0.1) is 5.56 Å². The lowest BCUT2D eigenvalue weighted by atomic mass is 10.1. The summed E-state index contributed by atoms with van der Waals surface area (Å²) in [5.74, 6) is -0.445. The van der Waals surface area contributed by atoms with Crippen LogP contribution in [0.3, 0.4) is 0 Å². The highest BCUT2D eigenvalue weighted by Crippen LogP contribution is 2.38. The number of amides is 1. The number of rotatable bonds is 6. The van der Waals surface area contributed by atoms with Crippen molar-refractivity contribution >= 4 is 28.2 Å². The molecule has 1 amide bonds. The van der Waals surface area contributed by atoms with Gasteiger partial charge in [-0.1, -0.05) is 18.2 Å². The highest BCUT2D eigenvalue weighted by molar-refractivity contribution is 7.16. The molecule has 7 heteroatoms. The molecule has 1 aliphatic rings. The van der Waals surface area contributed by atoms with Gasteiger partial charge in [0.15, 0.2) is 13.2 Å². The topological polar surface area (TPSA) is 88.4 Å². The molecule has 0 saturated carbocycles. The Bertz CT molecular complexity index is 907. The number of anilines is 1. The summed E-state index contributed by atoms with van der Waals surface area (Å²) < 4.78 is 10.5. The Kier molecular flexibility index (Phi) is 5.77. The number of ether oxygens (including phenoxy) is 2. The SMILES string of the molecule is Cc1cccc(C)c1OCC(=O)OCC(=O)Nc1sc2c(c1C#N)CCC2. The van der Waals surface area contributed by atoms with Gasteiger partial charge in [0.25, 0.3) is 5.91 Å². The Labute approximate surface area is 161 Å².